The van der Waals surface area contributed by atoms with E-state index < -0.39 is 11.9 Å². The van der Waals surface area contributed by atoms with Crippen LogP contribution in [0, 0.1) is 5.92 Å². The average Bonchev–Trinajstić information content (AvgIpc) is 2.33. The molecule has 0 bridgehead atoms. The van der Waals surface area contributed by atoms with E-state index >= 15 is 0 Å². The summed E-state index contributed by atoms with van der Waals surface area (Å²) in [7, 11) is 0. The molecule has 1 N–H and O–H groups in total. The van der Waals surface area contributed by atoms with Gasteiger partial charge in [0.25, 0.3) is 0 Å². The molecule has 1 unspecified atom stereocenters. The van der Waals surface area contributed by atoms with Crippen LogP contribution < -0.4 is 5.32 Å². The van der Waals surface area contributed by atoms with E-state index in [9.17, 15) is 13.2 Å². The second-order valence-corrected chi connectivity index (χ2v) is 4.56. The summed E-state index contributed by atoms with van der Waals surface area (Å²) in [5.74, 6) is 0.441. The standard InChI is InChI=1S/C13H19F3N2O/c1-4-19-8-10(9(2)3)17-12-7-5-6-11(18-12)13(14,15)16/h5-7,9-10H,4,8H2,1-3H3,(H,17,18). The summed E-state index contributed by atoms with van der Waals surface area (Å²) >= 11 is 0. The molecule has 1 aromatic rings. The smallest absolute Gasteiger partial charge is 0.380 e. The first-order chi connectivity index (χ1) is 8.84. The molecule has 0 radical (unpaired) electrons. The van der Waals surface area contributed by atoms with Crippen molar-refractivity contribution in [1.82, 2.24) is 4.98 Å². The first-order valence-corrected chi connectivity index (χ1v) is 6.23. The molecule has 108 valence electrons. The second-order valence-electron chi connectivity index (χ2n) is 4.56. The number of nitrogens with one attached hydrogen (secondary N) is 1. The van der Waals surface area contributed by atoms with E-state index in [0.717, 1.165) is 6.07 Å². The predicted octanol–water partition coefficient (Wildman–Crippen LogP) is 3.57. The van der Waals surface area contributed by atoms with Gasteiger partial charge in [0.15, 0.2) is 0 Å². The third-order valence-electron chi connectivity index (χ3n) is 2.68. The molecule has 0 aromatic carbocycles. The van der Waals surface area contributed by atoms with Crippen LogP contribution in [-0.4, -0.2) is 24.2 Å². The van der Waals surface area contributed by atoms with Crippen molar-refractivity contribution in [2.45, 2.75) is 33.0 Å². The molecule has 0 aliphatic rings. The zero-order valence-electron chi connectivity index (χ0n) is 11.3. The van der Waals surface area contributed by atoms with Crippen molar-refractivity contribution in [2.24, 2.45) is 5.92 Å². The first-order valence-electron chi connectivity index (χ1n) is 6.23. The number of alkyl halides is 3. The molecule has 0 saturated carbocycles. The van der Waals surface area contributed by atoms with Crippen molar-refractivity contribution in [3.8, 4) is 0 Å². The summed E-state index contributed by atoms with van der Waals surface area (Å²) in [6, 6.07) is 3.75. The summed E-state index contributed by atoms with van der Waals surface area (Å²) in [5.41, 5.74) is -0.892. The van der Waals surface area contributed by atoms with Crippen molar-refractivity contribution in [2.75, 3.05) is 18.5 Å². The van der Waals surface area contributed by atoms with Crippen molar-refractivity contribution < 1.29 is 17.9 Å². The van der Waals surface area contributed by atoms with Gasteiger partial charge in [0.1, 0.15) is 11.5 Å². The van der Waals surface area contributed by atoms with Gasteiger partial charge in [0, 0.05) is 6.61 Å². The van der Waals surface area contributed by atoms with Gasteiger partial charge in [0.2, 0.25) is 0 Å². The maximum atomic E-state index is 12.6. The van der Waals surface area contributed by atoms with Crippen LogP contribution in [-0.2, 0) is 10.9 Å². The van der Waals surface area contributed by atoms with Gasteiger partial charge < -0.3 is 10.1 Å². The highest BCUT2D eigenvalue weighted by molar-refractivity contribution is 5.37. The summed E-state index contributed by atoms with van der Waals surface area (Å²) in [5, 5.41) is 2.99. The molecule has 0 aliphatic heterocycles. The molecular weight excluding hydrogens is 257 g/mol. The van der Waals surface area contributed by atoms with E-state index in [-0.39, 0.29) is 17.8 Å². The van der Waals surface area contributed by atoms with Crippen molar-refractivity contribution in [3.63, 3.8) is 0 Å². The largest absolute Gasteiger partial charge is 0.433 e. The van der Waals surface area contributed by atoms with Gasteiger partial charge in [-0.3, -0.25) is 0 Å². The fraction of sp³-hybridized carbons (Fsp3) is 0.615. The Balaban J connectivity index is 2.79. The van der Waals surface area contributed by atoms with Crippen LogP contribution in [0.15, 0.2) is 18.2 Å². The maximum Gasteiger partial charge on any atom is 0.433 e. The zero-order valence-corrected chi connectivity index (χ0v) is 11.3. The van der Waals surface area contributed by atoms with Gasteiger partial charge in [-0.1, -0.05) is 19.9 Å². The Morgan fingerprint density at radius 2 is 2.00 bits per heavy atom. The monoisotopic (exact) mass is 276 g/mol. The number of hydrogen-bond acceptors (Lipinski definition) is 3. The molecule has 19 heavy (non-hydrogen) atoms. The van der Waals surface area contributed by atoms with Crippen LogP contribution in [0.3, 0.4) is 0 Å². The van der Waals surface area contributed by atoms with E-state index in [1.165, 1.54) is 12.1 Å². The molecule has 6 heteroatoms. The number of pyridine rings is 1. The highest BCUT2D eigenvalue weighted by Gasteiger charge is 2.32. The number of anilines is 1. The van der Waals surface area contributed by atoms with Crippen LogP contribution in [0.2, 0.25) is 0 Å². The molecule has 0 fully saturated rings. The zero-order chi connectivity index (χ0) is 14.5. The van der Waals surface area contributed by atoms with Gasteiger partial charge in [-0.15, -0.1) is 0 Å². The molecule has 0 saturated heterocycles. The Bertz CT molecular complexity index is 394. The Labute approximate surface area is 111 Å². The fourth-order valence-electron chi connectivity index (χ4n) is 1.51. The highest BCUT2D eigenvalue weighted by atomic mass is 19.4. The second kappa shape index (κ2) is 6.75. The Morgan fingerprint density at radius 1 is 1.32 bits per heavy atom. The lowest BCUT2D eigenvalue weighted by Crippen LogP contribution is -2.31. The van der Waals surface area contributed by atoms with Crippen LogP contribution in [0.1, 0.15) is 26.5 Å². The third-order valence-corrected chi connectivity index (χ3v) is 2.68. The number of ether oxygens (including phenoxy) is 1. The lowest BCUT2D eigenvalue weighted by molar-refractivity contribution is -0.141. The number of rotatable bonds is 6. The molecule has 0 spiro atoms. The van der Waals surface area contributed by atoms with Crippen LogP contribution in [0.4, 0.5) is 19.0 Å². The molecule has 0 amide bonds. The van der Waals surface area contributed by atoms with Gasteiger partial charge >= 0.3 is 6.18 Å². The topological polar surface area (TPSA) is 34.1 Å². The van der Waals surface area contributed by atoms with E-state index in [1.807, 2.05) is 20.8 Å². The Hall–Kier alpha value is -1.30. The van der Waals surface area contributed by atoms with E-state index in [1.54, 1.807) is 0 Å². The minimum Gasteiger partial charge on any atom is -0.380 e. The van der Waals surface area contributed by atoms with Crippen molar-refractivity contribution >= 4 is 5.82 Å². The minimum atomic E-state index is -4.43. The summed E-state index contributed by atoms with van der Waals surface area (Å²) in [6.45, 7) is 6.83. The average molecular weight is 276 g/mol. The normalized spacial score (nSPS) is 13.6. The molecule has 1 rings (SSSR count). The summed E-state index contributed by atoms with van der Waals surface area (Å²) < 4.78 is 43.0. The SMILES string of the molecule is CCOCC(Nc1cccc(C(F)(F)F)n1)C(C)C. The molecule has 1 aromatic heterocycles. The molecule has 1 heterocycles. The number of halogens is 3. The number of hydrogen-bond donors (Lipinski definition) is 1. The van der Waals surface area contributed by atoms with Gasteiger partial charge in [-0.25, -0.2) is 4.98 Å². The molecule has 1 atom stereocenters. The highest BCUT2D eigenvalue weighted by Crippen LogP contribution is 2.28. The van der Waals surface area contributed by atoms with Crippen molar-refractivity contribution in [1.29, 1.82) is 0 Å². The van der Waals surface area contributed by atoms with E-state index in [0.29, 0.717) is 13.2 Å². The summed E-state index contributed by atoms with van der Waals surface area (Å²) in [6.07, 6.45) is -4.43. The predicted molar refractivity (Wildman–Crippen MR) is 68.0 cm³/mol. The van der Waals surface area contributed by atoms with Crippen LogP contribution in [0.25, 0.3) is 0 Å². The van der Waals surface area contributed by atoms with Crippen LogP contribution in [0.5, 0.6) is 0 Å². The van der Waals surface area contributed by atoms with E-state index in [2.05, 4.69) is 10.3 Å². The van der Waals surface area contributed by atoms with Gasteiger partial charge in [-0.2, -0.15) is 13.2 Å². The summed E-state index contributed by atoms with van der Waals surface area (Å²) in [4.78, 5) is 3.58. The molecular formula is C13H19F3N2O. The first kappa shape index (κ1) is 15.8. The quantitative estimate of drug-likeness (QED) is 0.862. The van der Waals surface area contributed by atoms with Crippen LogP contribution >= 0.6 is 0 Å². The third kappa shape index (κ3) is 5.06. The Morgan fingerprint density at radius 3 is 2.53 bits per heavy atom. The van der Waals surface area contributed by atoms with Crippen molar-refractivity contribution in [3.05, 3.63) is 23.9 Å². The molecule has 0 aliphatic carbocycles. The van der Waals surface area contributed by atoms with Gasteiger partial charge in [-0.05, 0) is 25.0 Å². The Kier molecular flexibility index (Phi) is 5.60. The maximum absolute atomic E-state index is 12.6. The van der Waals surface area contributed by atoms with E-state index in [4.69, 9.17) is 4.74 Å². The fourth-order valence-corrected chi connectivity index (χ4v) is 1.51. The molecule has 3 nitrogen and oxygen atoms in total. The minimum absolute atomic E-state index is 0.0732. The lowest BCUT2D eigenvalue weighted by atomic mass is 10.1. The number of aromatic nitrogens is 1. The van der Waals surface area contributed by atoms with Gasteiger partial charge in [0.05, 0.1) is 12.6 Å². The number of nitrogens with zero attached hydrogens (tertiary/aromatic N) is 1. The lowest BCUT2D eigenvalue weighted by Gasteiger charge is -2.23.